The van der Waals surface area contributed by atoms with Crippen LogP contribution < -0.4 is 5.32 Å². The van der Waals surface area contributed by atoms with Gasteiger partial charge in [0, 0.05) is 40.8 Å². The number of isocyanates is 1. The smallest absolute Gasteiger partial charge is 0.243 e. The maximum Gasteiger partial charge on any atom is 0.243 e. The fourth-order valence-corrected chi connectivity index (χ4v) is 5.27. The Kier molecular flexibility index (Phi) is 6.20. The van der Waals surface area contributed by atoms with Crippen LogP contribution in [0.3, 0.4) is 0 Å². The van der Waals surface area contributed by atoms with Crippen molar-refractivity contribution < 1.29 is 23.6 Å². The van der Waals surface area contributed by atoms with Gasteiger partial charge >= 0.3 is 0 Å². The van der Waals surface area contributed by atoms with E-state index in [4.69, 9.17) is 11.6 Å². The maximum absolute atomic E-state index is 14.2. The highest BCUT2D eigenvalue weighted by molar-refractivity contribution is 6.30. The molecular weight excluding hydrogens is 487 g/mol. The minimum atomic E-state index is -0.647. The van der Waals surface area contributed by atoms with Gasteiger partial charge in [-0.2, -0.15) is 4.99 Å². The lowest BCUT2D eigenvalue weighted by Gasteiger charge is -2.27. The molecule has 2 heterocycles. The van der Waals surface area contributed by atoms with Crippen molar-refractivity contribution in [1.29, 1.82) is 0 Å². The van der Waals surface area contributed by atoms with E-state index in [2.05, 4.69) is 10.3 Å². The number of ketones is 1. The van der Waals surface area contributed by atoms with E-state index < -0.39 is 11.9 Å². The molecule has 0 bridgehead atoms. The van der Waals surface area contributed by atoms with Gasteiger partial charge in [0.2, 0.25) is 17.9 Å². The van der Waals surface area contributed by atoms with Crippen LogP contribution in [0.25, 0.3) is 10.9 Å². The second-order valence-electron chi connectivity index (χ2n) is 9.18. The molecule has 3 atom stereocenters. The van der Waals surface area contributed by atoms with Crippen LogP contribution in [0.2, 0.25) is 5.02 Å². The summed E-state index contributed by atoms with van der Waals surface area (Å²) in [5.41, 5.74) is 1.68. The van der Waals surface area contributed by atoms with Crippen molar-refractivity contribution >= 4 is 51.9 Å². The van der Waals surface area contributed by atoms with Crippen molar-refractivity contribution in [2.45, 2.75) is 44.9 Å². The zero-order valence-corrected chi connectivity index (χ0v) is 20.1. The fourth-order valence-electron chi connectivity index (χ4n) is 5.08. The number of fused-ring (bicyclic) bond motifs is 2. The Morgan fingerprint density at radius 1 is 1.22 bits per heavy atom. The van der Waals surface area contributed by atoms with Gasteiger partial charge in [-0.25, -0.2) is 9.18 Å². The molecule has 1 N–H and O–H groups in total. The Morgan fingerprint density at radius 3 is 2.78 bits per heavy atom. The monoisotopic (exact) mass is 508 g/mol. The van der Waals surface area contributed by atoms with Crippen LogP contribution in [0.1, 0.15) is 35.7 Å². The first-order chi connectivity index (χ1) is 17.3. The van der Waals surface area contributed by atoms with Crippen molar-refractivity contribution in [3.8, 4) is 0 Å². The minimum absolute atomic E-state index is 0.00112. The summed E-state index contributed by atoms with van der Waals surface area (Å²) in [6, 6.07) is 8.85. The first-order valence-corrected chi connectivity index (χ1v) is 11.9. The van der Waals surface area contributed by atoms with Crippen molar-refractivity contribution in [2.75, 3.05) is 0 Å². The Hall–Kier alpha value is -3.81. The number of aromatic nitrogens is 1. The van der Waals surface area contributed by atoms with Gasteiger partial charge in [0.15, 0.2) is 5.78 Å². The van der Waals surface area contributed by atoms with Crippen molar-refractivity contribution in [2.24, 2.45) is 10.9 Å². The van der Waals surface area contributed by atoms with E-state index >= 15 is 0 Å². The molecule has 36 heavy (non-hydrogen) atoms. The molecule has 1 saturated heterocycles. The van der Waals surface area contributed by atoms with Crippen LogP contribution in [-0.2, 0) is 27.5 Å². The Balaban J connectivity index is 1.35. The number of rotatable bonds is 7. The van der Waals surface area contributed by atoms with Crippen LogP contribution in [0, 0.1) is 11.7 Å². The standard InChI is InChI=1S/C26H22ClFN4O4/c1-14(34)19-11-31(21-6-5-17(30-13-33)9-18(19)21)12-24(35)32-22-7-16(22)8-23(32)26(36)29-10-15-3-2-4-20(27)25(15)28/h2-6,9,11,16,22-23H,7-8,10,12H2,1H3,(H,29,36)/t16-,22-,23+/m1/s1. The van der Waals surface area contributed by atoms with Gasteiger partial charge in [0.25, 0.3) is 0 Å². The zero-order chi connectivity index (χ0) is 25.6. The molecule has 10 heteroatoms. The number of benzene rings is 2. The number of hydrogen-bond acceptors (Lipinski definition) is 5. The van der Waals surface area contributed by atoms with E-state index in [0.717, 1.165) is 6.42 Å². The van der Waals surface area contributed by atoms with Crippen molar-refractivity contribution in [3.05, 3.63) is 64.6 Å². The molecular formula is C26H22ClFN4O4. The molecule has 2 aromatic carbocycles. The molecule has 184 valence electrons. The number of hydrogen-bond donors (Lipinski definition) is 1. The molecule has 0 unspecified atom stereocenters. The lowest BCUT2D eigenvalue weighted by atomic mass is 10.1. The van der Waals surface area contributed by atoms with Gasteiger partial charge in [0.1, 0.15) is 18.4 Å². The molecule has 3 aromatic rings. The second-order valence-corrected chi connectivity index (χ2v) is 9.58. The molecule has 0 spiro atoms. The summed E-state index contributed by atoms with van der Waals surface area (Å²) in [5, 5.41) is 3.30. The number of carbonyl (C=O) groups is 3. The summed E-state index contributed by atoms with van der Waals surface area (Å²) in [6.07, 6.45) is 4.49. The Labute approximate surface area is 210 Å². The summed E-state index contributed by atoms with van der Waals surface area (Å²) >= 11 is 5.82. The molecule has 1 aliphatic carbocycles. The number of Topliss-reactive ketones (excluding diaryl/α,β-unsaturated/α-hetero) is 1. The van der Waals surface area contributed by atoms with Crippen LogP contribution in [0.5, 0.6) is 0 Å². The Bertz CT molecular complexity index is 1460. The molecule has 2 amide bonds. The van der Waals surface area contributed by atoms with Crippen LogP contribution in [-0.4, -0.2) is 45.2 Å². The van der Waals surface area contributed by atoms with Crippen molar-refractivity contribution in [1.82, 2.24) is 14.8 Å². The summed E-state index contributed by atoms with van der Waals surface area (Å²) in [5.74, 6) is -1.08. The van der Waals surface area contributed by atoms with E-state index in [1.807, 2.05) is 0 Å². The predicted octanol–water partition coefficient (Wildman–Crippen LogP) is 3.91. The quantitative estimate of drug-likeness (QED) is 0.297. The summed E-state index contributed by atoms with van der Waals surface area (Å²) in [7, 11) is 0. The highest BCUT2D eigenvalue weighted by Gasteiger charge is 2.55. The van der Waals surface area contributed by atoms with Gasteiger partial charge in [-0.1, -0.05) is 23.7 Å². The molecule has 8 nitrogen and oxygen atoms in total. The molecule has 2 aliphatic rings. The van der Waals surface area contributed by atoms with Crippen molar-refractivity contribution in [3.63, 3.8) is 0 Å². The summed E-state index contributed by atoms with van der Waals surface area (Å²) in [4.78, 5) is 54.5. The number of likely N-dealkylation sites (tertiary alicyclic amines) is 1. The van der Waals surface area contributed by atoms with Gasteiger partial charge in [-0.3, -0.25) is 14.4 Å². The molecule has 1 saturated carbocycles. The molecule has 1 aliphatic heterocycles. The first kappa shape index (κ1) is 23.9. The number of carbonyl (C=O) groups excluding carboxylic acids is 4. The van der Waals surface area contributed by atoms with E-state index in [0.29, 0.717) is 28.6 Å². The maximum atomic E-state index is 14.2. The van der Waals surface area contributed by atoms with Crippen LogP contribution >= 0.6 is 11.6 Å². The number of nitrogens with one attached hydrogen (secondary N) is 1. The van der Waals surface area contributed by atoms with E-state index in [-0.39, 0.29) is 53.2 Å². The highest BCUT2D eigenvalue weighted by Crippen LogP contribution is 2.48. The number of piperidine rings is 1. The number of aliphatic imine (C=N–C) groups is 1. The average molecular weight is 509 g/mol. The fraction of sp³-hybridized carbons (Fsp3) is 0.308. The molecule has 5 rings (SSSR count). The van der Waals surface area contributed by atoms with Gasteiger partial charge in [0.05, 0.1) is 10.7 Å². The van der Waals surface area contributed by atoms with Crippen LogP contribution in [0.15, 0.2) is 47.6 Å². The molecule has 2 fully saturated rings. The van der Waals surface area contributed by atoms with E-state index in [1.54, 1.807) is 46.0 Å². The topological polar surface area (TPSA) is 101 Å². The third-order valence-corrected chi connectivity index (χ3v) is 7.20. The minimum Gasteiger partial charge on any atom is -0.350 e. The third kappa shape index (κ3) is 4.32. The summed E-state index contributed by atoms with van der Waals surface area (Å²) < 4.78 is 15.9. The van der Waals surface area contributed by atoms with E-state index in [1.165, 1.54) is 19.1 Å². The normalized spacial score (nSPS) is 20.1. The van der Waals surface area contributed by atoms with Gasteiger partial charge in [-0.05, 0) is 49.9 Å². The molecule has 1 aromatic heterocycles. The van der Waals surface area contributed by atoms with E-state index in [9.17, 15) is 23.6 Å². The largest absolute Gasteiger partial charge is 0.350 e. The lowest BCUT2D eigenvalue weighted by molar-refractivity contribution is -0.140. The lowest BCUT2D eigenvalue weighted by Crippen LogP contribution is -2.48. The average Bonchev–Trinajstić information content (AvgIpc) is 3.36. The number of nitrogens with zero attached hydrogens (tertiary/aromatic N) is 3. The SMILES string of the molecule is CC(=O)c1cn(CC(=O)N2[C@@H]3C[C@@H]3C[C@H]2C(=O)NCc2cccc(Cl)c2F)c2ccc(N=C=O)cc12. The summed E-state index contributed by atoms with van der Waals surface area (Å²) in [6.45, 7) is 1.33. The van der Waals surface area contributed by atoms with Gasteiger partial charge < -0.3 is 14.8 Å². The molecule has 0 radical (unpaired) electrons. The van der Waals surface area contributed by atoms with Crippen LogP contribution in [0.4, 0.5) is 10.1 Å². The second kappa shape index (κ2) is 9.33. The number of halogens is 2. The highest BCUT2D eigenvalue weighted by atomic mass is 35.5. The first-order valence-electron chi connectivity index (χ1n) is 11.5. The Morgan fingerprint density at radius 2 is 2.03 bits per heavy atom. The third-order valence-electron chi connectivity index (χ3n) is 6.90. The van der Waals surface area contributed by atoms with Gasteiger partial charge in [-0.15, -0.1) is 0 Å². The predicted molar refractivity (Wildman–Crippen MR) is 130 cm³/mol. The number of amides is 2. The zero-order valence-electron chi connectivity index (χ0n) is 19.3.